The molecule has 0 radical (unpaired) electrons. The summed E-state index contributed by atoms with van der Waals surface area (Å²) >= 11 is 0. The molecule has 0 N–H and O–H groups in total. The van der Waals surface area contributed by atoms with E-state index in [2.05, 4.69) is 6.92 Å². The molecule has 0 spiro atoms. The Morgan fingerprint density at radius 3 is 2.92 bits per heavy atom. The highest BCUT2D eigenvalue weighted by Crippen LogP contribution is 2.31. The number of aldehydes is 1. The fourth-order valence-corrected chi connectivity index (χ4v) is 1.75. The van der Waals surface area contributed by atoms with Gasteiger partial charge in [0.15, 0.2) is 0 Å². The van der Waals surface area contributed by atoms with Crippen LogP contribution in [0, 0.1) is 5.41 Å². The molecular formula is C10H18O2. The van der Waals surface area contributed by atoms with Crippen molar-refractivity contribution >= 4 is 6.29 Å². The van der Waals surface area contributed by atoms with Gasteiger partial charge in [-0.1, -0.05) is 19.8 Å². The number of hydrogen-bond acceptors (Lipinski definition) is 2. The SMILES string of the molecule is CCCCC1(C=O)CCCOC1. The second kappa shape index (κ2) is 4.61. The van der Waals surface area contributed by atoms with Gasteiger partial charge in [0.05, 0.1) is 6.61 Å². The summed E-state index contributed by atoms with van der Waals surface area (Å²) in [6.45, 7) is 3.64. The van der Waals surface area contributed by atoms with Crippen molar-refractivity contribution in [3.63, 3.8) is 0 Å². The monoisotopic (exact) mass is 170 g/mol. The van der Waals surface area contributed by atoms with Crippen molar-refractivity contribution in [2.45, 2.75) is 39.0 Å². The van der Waals surface area contributed by atoms with Crippen LogP contribution < -0.4 is 0 Å². The van der Waals surface area contributed by atoms with Gasteiger partial charge < -0.3 is 9.53 Å². The molecule has 1 aliphatic rings. The van der Waals surface area contributed by atoms with Crippen molar-refractivity contribution in [1.82, 2.24) is 0 Å². The number of carbonyl (C=O) groups excluding carboxylic acids is 1. The quantitative estimate of drug-likeness (QED) is 0.604. The second-order valence-corrected chi connectivity index (χ2v) is 3.74. The van der Waals surface area contributed by atoms with E-state index in [0.29, 0.717) is 6.61 Å². The van der Waals surface area contributed by atoms with Crippen LogP contribution in [0.2, 0.25) is 0 Å². The predicted octanol–water partition coefficient (Wildman–Crippen LogP) is 2.17. The zero-order valence-electron chi connectivity index (χ0n) is 7.84. The van der Waals surface area contributed by atoms with E-state index in [4.69, 9.17) is 4.74 Å². The van der Waals surface area contributed by atoms with Gasteiger partial charge in [-0.15, -0.1) is 0 Å². The van der Waals surface area contributed by atoms with Crippen LogP contribution in [0.4, 0.5) is 0 Å². The van der Waals surface area contributed by atoms with Crippen molar-refractivity contribution < 1.29 is 9.53 Å². The van der Waals surface area contributed by atoms with Crippen LogP contribution in [0.5, 0.6) is 0 Å². The molecule has 70 valence electrons. The van der Waals surface area contributed by atoms with E-state index in [1.54, 1.807) is 0 Å². The van der Waals surface area contributed by atoms with Crippen molar-refractivity contribution in [1.29, 1.82) is 0 Å². The summed E-state index contributed by atoms with van der Waals surface area (Å²) in [5.41, 5.74) is -0.131. The maximum absolute atomic E-state index is 10.9. The average Bonchev–Trinajstić information content (AvgIpc) is 2.16. The number of carbonyl (C=O) groups is 1. The lowest BCUT2D eigenvalue weighted by Crippen LogP contribution is -2.33. The van der Waals surface area contributed by atoms with E-state index in [0.717, 1.165) is 45.0 Å². The summed E-state index contributed by atoms with van der Waals surface area (Å²) in [6.07, 6.45) is 6.49. The molecular weight excluding hydrogens is 152 g/mol. The molecule has 1 fully saturated rings. The molecule has 0 bridgehead atoms. The van der Waals surface area contributed by atoms with Gasteiger partial charge >= 0.3 is 0 Å². The van der Waals surface area contributed by atoms with E-state index in [-0.39, 0.29) is 5.41 Å². The lowest BCUT2D eigenvalue weighted by Gasteiger charge is -2.31. The highest BCUT2D eigenvalue weighted by molar-refractivity contribution is 5.59. The third-order valence-electron chi connectivity index (χ3n) is 2.63. The smallest absolute Gasteiger partial charge is 0.128 e. The Labute approximate surface area is 74.3 Å². The van der Waals surface area contributed by atoms with Crippen molar-refractivity contribution in [3.05, 3.63) is 0 Å². The second-order valence-electron chi connectivity index (χ2n) is 3.74. The predicted molar refractivity (Wildman–Crippen MR) is 48.1 cm³/mol. The summed E-state index contributed by atoms with van der Waals surface area (Å²) in [6, 6.07) is 0. The fraction of sp³-hybridized carbons (Fsp3) is 0.900. The minimum absolute atomic E-state index is 0.131. The first-order valence-corrected chi connectivity index (χ1v) is 4.87. The van der Waals surface area contributed by atoms with Gasteiger partial charge in [0, 0.05) is 12.0 Å². The average molecular weight is 170 g/mol. The lowest BCUT2D eigenvalue weighted by molar-refractivity contribution is -0.124. The van der Waals surface area contributed by atoms with Crippen molar-refractivity contribution in [3.8, 4) is 0 Å². The van der Waals surface area contributed by atoms with E-state index < -0.39 is 0 Å². The van der Waals surface area contributed by atoms with Crippen LogP contribution in [0.15, 0.2) is 0 Å². The number of unbranched alkanes of at least 4 members (excludes halogenated alkanes) is 1. The highest BCUT2D eigenvalue weighted by Gasteiger charge is 2.31. The lowest BCUT2D eigenvalue weighted by atomic mass is 9.80. The minimum atomic E-state index is -0.131. The van der Waals surface area contributed by atoms with E-state index in [1.165, 1.54) is 0 Å². The summed E-state index contributed by atoms with van der Waals surface area (Å²) < 4.78 is 5.34. The zero-order chi connectivity index (χ0) is 8.86. The van der Waals surface area contributed by atoms with Gasteiger partial charge in [0.2, 0.25) is 0 Å². The number of ether oxygens (including phenoxy) is 1. The minimum Gasteiger partial charge on any atom is -0.380 e. The first kappa shape index (κ1) is 9.72. The van der Waals surface area contributed by atoms with Gasteiger partial charge in [0.1, 0.15) is 6.29 Å². The molecule has 1 rings (SSSR count). The van der Waals surface area contributed by atoms with Gasteiger partial charge in [-0.05, 0) is 19.3 Å². The molecule has 1 saturated heterocycles. The molecule has 2 heteroatoms. The van der Waals surface area contributed by atoms with Gasteiger partial charge in [-0.3, -0.25) is 0 Å². The van der Waals surface area contributed by atoms with Crippen molar-refractivity contribution in [2.24, 2.45) is 5.41 Å². The van der Waals surface area contributed by atoms with Crippen LogP contribution in [-0.2, 0) is 9.53 Å². The zero-order valence-corrected chi connectivity index (χ0v) is 7.84. The Kier molecular flexibility index (Phi) is 3.73. The molecule has 1 aliphatic heterocycles. The number of rotatable bonds is 4. The molecule has 0 saturated carbocycles. The topological polar surface area (TPSA) is 26.3 Å². The van der Waals surface area contributed by atoms with Crippen LogP contribution in [-0.4, -0.2) is 19.5 Å². The maximum Gasteiger partial charge on any atom is 0.128 e. The summed E-state index contributed by atoms with van der Waals surface area (Å²) in [7, 11) is 0. The summed E-state index contributed by atoms with van der Waals surface area (Å²) in [4.78, 5) is 10.9. The Morgan fingerprint density at radius 2 is 2.42 bits per heavy atom. The van der Waals surface area contributed by atoms with Crippen LogP contribution >= 0.6 is 0 Å². The molecule has 0 aromatic carbocycles. The molecule has 12 heavy (non-hydrogen) atoms. The van der Waals surface area contributed by atoms with Crippen LogP contribution in [0.25, 0.3) is 0 Å². The molecule has 0 aliphatic carbocycles. The molecule has 1 atom stereocenters. The number of hydrogen-bond donors (Lipinski definition) is 0. The Balaban J connectivity index is 2.42. The van der Waals surface area contributed by atoms with Gasteiger partial charge in [-0.2, -0.15) is 0 Å². The van der Waals surface area contributed by atoms with Crippen molar-refractivity contribution in [2.75, 3.05) is 13.2 Å². The van der Waals surface area contributed by atoms with Crippen LogP contribution in [0.1, 0.15) is 39.0 Å². The third kappa shape index (κ3) is 2.31. The Bertz CT molecular complexity index is 137. The highest BCUT2D eigenvalue weighted by atomic mass is 16.5. The Morgan fingerprint density at radius 1 is 1.58 bits per heavy atom. The summed E-state index contributed by atoms with van der Waals surface area (Å²) in [5.74, 6) is 0. The van der Waals surface area contributed by atoms with Crippen LogP contribution in [0.3, 0.4) is 0 Å². The van der Waals surface area contributed by atoms with Gasteiger partial charge in [0.25, 0.3) is 0 Å². The van der Waals surface area contributed by atoms with E-state index in [9.17, 15) is 4.79 Å². The maximum atomic E-state index is 10.9. The molecule has 2 nitrogen and oxygen atoms in total. The fourth-order valence-electron chi connectivity index (χ4n) is 1.75. The van der Waals surface area contributed by atoms with Gasteiger partial charge in [-0.25, -0.2) is 0 Å². The molecule has 1 heterocycles. The third-order valence-corrected chi connectivity index (χ3v) is 2.63. The van der Waals surface area contributed by atoms with E-state index >= 15 is 0 Å². The first-order chi connectivity index (χ1) is 5.83. The normalized spacial score (nSPS) is 30.1. The summed E-state index contributed by atoms with van der Waals surface area (Å²) in [5, 5.41) is 0. The molecule has 1 unspecified atom stereocenters. The Hall–Kier alpha value is -0.370. The standard InChI is InChI=1S/C10H18O2/c1-2-3-5-10(8-11)6-4-7-12-9-10/h8H,2-7,9H2,1H3. The van der Waals surface area contributed by atoms with E-state index in [1.807, 2.05) is 0 Å². The molecule has 0 aromatic rings. The largest absolute Gasteiger partial charge is 0.380 e. The molecule has 0 aromatic heterocycles. The molecule has 0 amide bonds. The first-order valence-electron chi connectivity index (χ1n) is 4.87.